The summed E-state index contributed by atoms with van der Waals surface area (Å²) in [6.07, 6.45) is 4.37. The average Bonchev–Trinajstić information content (AvgIpc) is 2.57. The second-order valence-electron chi connectivity index (χ2n) is 6.24. The summed E-state index contributed by atoms with van der Waals surface area (Å²) in [5, 5.41) is 3.34. The molecule has 3 N–H and O–H groups in total. The highest BCUT2D eigenvalue weighted by Gasteiger charge is 2.21. The molecule has 1 atom stereocenters. The van der Waals surface area contributed by atoms with E-state index in [9.17, 15) is 0 Å². The van der Waals surface area contributed by atoms with Gasteiger partial charge in [0.2, 0.25) is 0 Å². The van der Waals surface area contributed by atoms with Crippen LogP contribution in [-0.2, 0) is 0 Å². The van der Waals surface area contributed by atoms with Gasteiger partial charge in [-0.2, -0.15) is 0 Å². The number of guanidine groups is 1. The molecule has 0 aliphatic carbocycles. The van der Waals surface area contributed by atoms with Gasteiger partial charge in [0.05, 0.1) is 19.2 Å². The summed E-state index contributed by atoms with van der Waals surface area (Å²) >= 11 is 0. The number of benzene rings is 1. The minimum absolute atomic E-state index is 0. The van der Waals surface area contributed by atoms with Crippen molar-refractivity contribution in [1.29, 1.82) is 0 Å². The van der Waals surface area contributed by atoms with Crippen LogP contribution in [0.25, 0.3) is 0 Å². The third kappa shape index (κ3) is 5.11. The number of aliphatic imine (C=N–C) groups is 1. The van der Waals surface area contributed by atoms with Gasteiger partial charge in [0.1, 0.15) is 5.75 Å². The number of halogens is 1. The molecular formula is C18H27IN4O. The Hall–Kier alpha value is -1.28. The molecule has 0 saturated heterocycles. The molecule has 2 aliphatic rings. The second kappa shape index (κ2) is 9.27. The van der Waals surface area contributed by atoms with Crippen molar-refractivity contribution in [3.8, 4) is 5.75 Å². The molecule has 0 bridgehead atoms. The van der Waals surface area contributed by atoms with Crippen molar-refractivity contribution in [3.63, 3.8) is 0 Å². The summed E-state index contributed by atoms with van der Waals surface area (Å²) in [6, 6.07) is 8.29. The fourth-order valence-electron chi connectivity index (χ4n) is 3.04. The first kappa shape index (κ1) is 19.1. The van der Waals surface area contributed by atoms with Crippen molar-refractivity contribution in [2.75, 3.05) is 32.8 Å². The van der Waals surface area contributed by atoms with Gasteiger partial charge in [-0.1, -0.05) is 29.8 Å². The Balaban J connectivity index is 0.00000208. The Kier molecular flexibility index (Phi) is 7.36. The number of fused-ring (bicyclic) bond motifs is 1. The third-order valence-electron chi connectivity index (χ3n) is 4.50. The van der Waals surface area contributed by atoms with Gasteiger partial charge in [0.15, 0.2) is 5.96 Å². The minimum Gasteiger partial charge on any atom is -0.493 e. The van der Waals surface area contributed by atoms with Crippen molar-refractivity contribution in [3.05, 3.63) is 41.5 Å². The Morgan fingerprint density at radius 2 is 2.25 bits per heavy atom. The van der Waals surface area contributed by atoms with E-state index in [4.69, 9.17) is 10.5 Å². The molecule has 0 spiro atoms. The Morgan fingerprint density at radius 1 is 1.42 bits per heavy atom. The molecule has 3 rings (SSSR count). The van der Waals surface area contributed by atoms with E-state index in [1.54, 1.807) is 0 Å². The monoisotopic (exact) mass is 442 g/mol. The molecule has 2 aliphatic heterocycles. The van der Waals surface area contributed by atoms with E-state index < -0.39 is 0 Å². The van der Waals surface area contributed by atoms with Crippen molar-refractivity contribution < 1.29 is 4.74 Å². The predicted molar refractivity (Wildman–Crippen MR) is 109 cm³/mol. The lowest BCUT2D eigenvalue weighted by Gasteiger charge is -2.27. The van der Waals surface area contributed by atoms with Gasteiger partial charge in [-0.25, -0.2) is 0 Å². The topological polar surface area (TPSA) is 62.9 Å². The summed E-state index contributed by atoms with van der Waals surface area (Å²) in [5.41, 5.74) is 8.72. The highest BCUT2D eigenvalue weighted by atomic mass is 127. The van der Waals surface area contributed by atoms with E-state index in [2.05, 4.69) is 34.3 Å². The Morgan fingerprint density at radius 3 is 3.04 bits per heavy atom. The molecule has 1 aromatic rings. The van der Waals surface area contributed by atoms with Crippen LogP contribution in [0.3, 0.4) is 0 Å². The van der Waals surface area contributed by atoms with E-state index in [1.165, 1.54) is 5.57 Å². The smallest absolute Gasteiger partial charge is 0.189 e. The van der Waals surface area contributed by atoms with Crippen LogP contribution in [0.5, 0.6) is 5.75 Å². The quantitative estimate of drug-likeness (QED) is 0.326. The number of nitrogens with one attached hydrogen (secondary N) is 1. The maximum Gasteiger partial charge on any atom is 0.189 e. The van der Waals surface area contributed by atoms with E-state index in [-0.39, 0.29) is 30.0 Å². The molecule has 0 aromatic heterocycles. The van der Waals surface area contributed by atoms with Gasteiger partial charge in [-0.05, 0) is 19.4 Å². The second-order valence-corrected chi connectivity index (χ2v) is 6.24. The first-order valence-corrected chi connectivity index (χ1v) is 8.38. The fourth-order valence-corrected chi connectivity index (χ4v) is 3.04. The number of ether oxygens (including phenoxy) is 1. The van der Waals surface area contributed by atoms with Crippen molar-refractivity contribution in [2.24, 2.45) is 10.7 Å². The van der Waals surface area contributed by atoms with Crippen LogP contribution in [0, 0.1) is 0 Å². The largest absolute Gasteiger partial charge is 0.493 e. The first-order chi connectivity index (χ1) is 11.2. The zero-order chi connectivity index (χ0) is 16.1. The van der Waals surface area contributed by atoms with Gasteiger partial charge in [-0.3, -0.25) is 9.89 Å². The van der Waals surface area contributed by atoms with E-state index in [0.717, 1.165) is 50.3 Å². The molecule has 0 saturated carbocycles. The maximum absolute atomic E-state index is 6.07. The summed E-state index contributed by atoms with van der Waals surface area (Å²) in [5.74, 6) is 1.47. The van der Waals surface area contributed by atoms with Gasteiger partial charge in [-0.15, -0.1) is 24.0 Å². The lowest BCUT2D eigenvalue weighted by atomic mass is 10.0. The van der Waals surface area contributed by atoms with Crippen LogP contribution in [-0.4, -0.2) is 43.6 Å². The summed E-state index contributed by atoms with van der Waals surface area (Å²) in [7, 11) is 0. The summed E-state index contributed by atoms with van der Waals surface area (Å²) in [4.78, 5) is 6.89. The third-order valence-corrected chi connectivity index (χ3v) is 4.50. The predicted octanol–water partition coefficient (Wildman–Crippen LogP) is 2.68. The van der Waals surface area contributed by atoms with Crippen LogP contribution in [0.2, 0.25) is 0 Å². The number of hydrogen-bond donors (Lipinski definition) is 2. The molecule has 1 aromatic carbocycles. The van der Waals surface area contributed by atoms with E-state index in [1.807, 2.05) is 18.2 Å². The number of hydrogen-bond acceptors (Lipinski definition) is 3. The Labute approximate surface area is 161 Å². The molecule has 5 nitrogen and oxygen atoms in total. The van der Waals surface area contributed by atoms with Crippen molar-refractivity contribution in [2.45, 2.75) is 25.8 Å². The van der Waals surface area contributed by atoms with E-state index in [0.29, 0.717) is 12.6 Å². The molecule has 0 amide bonds. The summed E-state index contributed by atoms with van der Waals surface area (Å²) in [6.45, 7) is 6.75. The van der Waals surface area contributed by atoms with Gasteiger partial charge in [0.25, 0.3) is 0 Å². The molecule has 0 fully saturated rings. The fraction of sp³-hybridized carbons (Fsp3) is 0.500. The zero-order valence-electron chi connectivity index (χ0n) is 14.2. The lowest BCUT2D eigenvalue weighted by molar-refractivity contribution is 0.262. The SMILES string of the molecule is CC1=CCN(CCN=C(N)NC2CCOc3ccccc32)CC1.I. The average molecular weight is 442 g/mol. The van der Waals surface area contributed by atoms with Gasteiger partial charge in [0, 0.05) is 31.6 Å². The van der Waals surface area contributed by atoms with Crippen LogP contribution in [0.4, 0.5) is 0 Å². The zero-order valence-corrected chi connectivity index (χ0v) is 16.5. The molecule has 2 heterocycles. The molecule has 6 heteroatoms. The molecular weight excluding hydrogens is 415 g/mol. The van der Waals surface area contributed by atoms with Crippen LogP contribution in [0.1, 0.15) is 31.4 Å². The number of nitrogens with two attached hydrogens (primary N) is 1. The van der Waals surface area contributed by atoms with E-state index >= 15 is 0 Å². The van der Waals surface area contributed by atoms with Crippen molar-refractivity contribution >= 4 is 29.9 Å². The standard InChI is InChI=1S/C18H26N4O.HI/c1-14-6-10-22(11-7-14)12-9-20-18(19)21-16-8-13-23-17-5-3-2-4-15(16)17;/h2-6,16H,7-13H2,1H3,(H3,19,20,21);1H. The Bertz CT molecular complexity index is 602. The number of nitrogens with zero attached hydrogens (tertiary/aromatic N) is 2. The van der Waals surface area contributed by atoms with Crippen LogP contribution >= 0.6 is 24.0 Å². The van der Waals surface area contributed by atoms with Gasteiger partial charge >= 0.3 is 0 Å². The van der Waals surface area contributed by atoms with Crippen molar-refractivity contribution in [1.82, 2.24) is 10.2 Å². The molecule has 1 unspecified atom stereocenters. The first-order valence-electron chi connectivity index (χ1n) is 8.38. The van der Waals surface area contributed by atoms with Crippen LogP contribution < -0.4 is 15.8 Å². The van der Waals surface area contributed by atoms with Gasteiger partial charge < -0.3 is 15.8 Å². The highest BCUT2D eigenvalue weighted by Crippen LogP contribution is 2.31. The molecule has 132 valence electrons. The number of para-hydroxylation sites is 1. The molecule has 24 heavy (non-hydrogen) atoms. The normalized spacial score (nSPS) is 21.1. The van der Waals surface area contributed by atoms with Crippen LogP contribution in [0.15, 0.2) is 40.9 Å². The maximum atomic E-state index is 6.07. The highest BCUT2D eigenvalue weighted by molar-refractivity contribution is 14.0. The summed E-state index contributed by atoms with van der Waals surface area (Å²) < 4.78 is 5.67. The molecule has 0 radical (unpaired) electrons. The minimum atomic E-state index is 0. The lowest BCUT2D eigenvalue weighted by Crippen LogP contribution is -2.38. The number of rotatable bonds is 4.